The topological polar surface area (TPSA) is 35.6 Å². The normalized spacial score (nSPS) is 14.6. The number of urea groups is 1. The van der Waals surface area contributed by atoms with E-state index in [1.54, 1.807) is 35.2 Å². The molecule has 3 rings (SSSR count). The molecule has 2 amide bonds. The molecule has 1 N–H and O–H groups in total. The average molecular weight is 385 g/mol. The van der Waals surface area contributed by atoms with Gasteiger partial charge in [0, 0.05) is 41.9 Å². The molecule has 0 unspecified atom stereocenters. The van der Waals surface area contributed by atoms with E-state index in [2.05, 4.69) is 10.2 Å². The summed E-state index contributed by atoms with van der Waals surface area (Å²) in [7, 11) is 0. The number of rotatable bonds is 2. The van der Waals surface area contributed by atoms with E-state index in [0.717, 1.165) is 24.5 Å². The van der Waals surface area contributed by atoms with Crippen LogP contribution >= 0.6 is 34.8 Å². The van der Waals surface area contributed by atoms with Gasteiger partial charge in [0.15, 0.2) is 0 Å². The number of hydrogen-bond donors (Lipinski definition) is 1. The fourth-order valence-corrected chi connectivity index (χ4v) is 3.28. The molecule has 0 saturated carbocycles. The van der Waals surface area contributed by atoms with Crippen molar-refractivity contribution >= 4 is 52.2 Å². The van der Waals surface area contributed by atoms with E-state index in [1.165, 1.54) is 0 Å². The lowest BCUT2D eigenvalue weighted by Gasteiger charge is -2.36. The zero-order chi connectivity index (χ0) is 17.1. The van der Waals surface area contributed by atoms with Crippen LogP contribution in [0.2, 0.25) is 15.1 Å². The van der Waals surface area contributed by atoms with Crippen molar-refractivity contribution in [2.45, 2.75) is 0 Å². The smallest absolute Gasteiger partial charge is 0.321 e. The summed E-state index contributed by atoms with van der Waals surface area (Å²) in [5.41, 5.74) is 1.67. The second-order valence-electron chi connectivity index (χ2n) is 5.51. The first kappa shape index (κ1) is 17.2. The van der Waals surface area contributed by atoms with Gasteiger partial charge in [-0.1, -0.05) is 34.8 Å². The van der Waals surface area contributed by atoms with Crippen molar-refractivity contribution in [3.05, 3.63) is 57.5 Å². The van der Waals surface area contributed by atoms with Gasteiger partial charge in [-0.15, -0.1) is 0 Å². The van der Waals surface area contributed by atoms with E-state index in [4.69, 9.17) is 34.8 Å². The Bertz CT molecular complexity index is 728. The van der Waals surface area contributed by atoms with Crippen LogP contribution in [0.25, 0.3) is 0 Å². The summed E-state index contributed by atoms with van der Waals surface area (Å²) >= 11 is 18.0. The molecular formula is C17H16Cl3N3O. The second kappa shape index (κ2) is 7.51. The van der Waals surface area contributed by atoms with Crippen molar-refractivity contribution in [3.8, 4) is 0 Å². The Morgan fingerprint density at radius 1 is 0.875 bits per heavy atom. The molecule has 0 spiro atoms. The van der Waals surface area contributed by atoms with Crippen LogP contribution in [0.5, 0.6) is 0 Å². The largest absolute Gasteiger partial charge is 0.367 e. The highest BCUT2D eigenvalue weighted by Crippen LogP contribution is 2.29. The predicted molar refractivity (Wildman–Crippen MR) is 101 cm³/mol. The van der Waals surface area contributed by atoms with Gasteiger partial charge in [-0.25, -0.2) is 4.79 Å². The van der Waals surface area contributed by atoms with Crippen molar-refractivity contribution in [3.63, 3.8) is 0 Å². The van der Waals surface area contributed by atoms with Crippen LogP contribution in [0.4, 0.5) is 16.2 Å². The lowest BCUT2D eigenvalue weighted by molar-refractivity contribution is 0.208. The number of carbonyl (C=O) groups excluding carboxylic acids is 1. The van der Waals surface area contributed by atoms with Crippen molar-refractivity contribution < 1.29 is 4.79 Å². The van der Waals surface area contributed by atoms with Gasteiger partial charge in [-0.05, 0) is 42.5 Å². The Morgan fingerprint density at radius 2 is 1.50 bits per heavy atom. The van der Waals surface area contributed by atoms with Gasteiger partial charge in [0.1, 0.15) is 0 Å². The third kappa shape index (κ3) is 4.07. The van der Waals surface area contributed by atoms with Gasteiger partial charge in [-0.3, -0.25) is 0 Å². The summed E-state index contributed by atoms with van der Waals surface area (Å²) < 4.78 is 0. The molecule has 7 heteroatoms. The van der Waals surface area contributed by atoms with Gasteiger partial charge < -0.3 is 15.1 Å². The minimum absolute atomic E-state index is 0.112. The van der Waals surface area contributed by atoms with Gasteiger partial charge >= 0.3 is 6.03 Å². The number of nitrogens with one attached hydrogen (secondary N) is 1. The number of nitrogens with zero attached hydrogens (tertiary/aromatic N) is 2. The van der Waals surface area contributed by atoms with Crippen LogP contribution in [0.15, 0.2) is 42.5 Å². The molecule has 0 bridgehead atoms. The third-order valence-electron chi connectivity index (χ3n) is 3.91. The van der Waals surface area contributed by atoms with E-state index < -0.39 is 0 Å². The molecule has 0 atom stereocenters. The summed E-state index contributed by atoms with van der Waals surface area (Å²) in [6.07, 6.45) is 0. The van der Waals surface area contributed by atoms with E-state index in [1.807, 2.05) is 12.1 Å². The molecule has 2 aromatic rings. The molecule has 1 heterocycles. The maximum absolute atomic E-state index is 12.3. The molecule has 1 aliphatic heterocycles. The Labute approximate surface area is 155 Å². The second-order valence-corrected chi connectivity index (χ2v) is 6.79. The molecule has 1 aliphatic rings. The first-order chi connectivity index (χ1) is 11.5. The zero-order valence-corrected chi connectivity index (χ0v) is 15.1. The number of hydrogen-bond acceptors (Lipinski definition) is 2. The van der Waals surface area contributed by atoms with Gasteiger partial charge in [0.05, 0.1) is 10.7 Å². The van der Waals surface area contributed by atoms with E-state index >= 15 is 0 Å². The maximum atomic E-state index is 12.3. The molecule has 1 saturated heterocycles. The lowest BCUT2D eigenvalue weighted by Crippen LogP contribution is -2.50. The molecule has 4 nitrogen and oxygen atoms in total. The number of piperazine rings is 1. The van der Waals surface area contributed by atoms with E-state index in [9.17, 15) is 4.79 Å². The van der Waals surface area contributed by atoms with Gasteiger partial charge in [0.2, 0.25) is 0 Å². The third-order valence-corrected chi connectivity index (χ3v) is 4.70. The molecule has 0 aromatic heterocycles. The highest BCUT2D eigenvalue weighted by Gasteiger charge is 2.22. The molecule has 126 valence electrons. The van der Waals surface area contributed by atoms with Crippen molar-refractivity contribution in [1.82, 2.24) is 4.90 Å². The first-order valence-corrected chi connectivity index (χ1v) is 8.68. The first-order valence-electron chi connectivity index (χ1n) is 7.54. The quantitative estimate of drug-likeness (QED) is 0.791. The summed E-state index contributed by atoms with van der Waals surface area (Å²) in [4.78, 5) is 16.3. The molecule has 0 radical (unpaired) electrons. The molecule has 2 aromatic carbocycles. The number of halogens is 3. The van der Waals surface area contributed by atoms with Gasteiger partial charge in [-0.2, -0.15) is 0 Å². The predicted octanol–water partition coefficient (Wildman–Crippen LogP) is 5.00. The fourth-order valence-electron chi connectivity index (χ4n) is 2.62. The lowest BCUT2D eigenvalue weighted by atomic mass is 10.2. The van der Waals surface area contributed by atoms with Crippen molar-refractivity contribution in [2.24, 2.45) is 0 Å². The number of carbonyl (C=O) groups is 1. The minimum atomic E-state index is -0.112. The molecule has 0 aliphatic carbocycles. The molecular weight excluding hydrogens is 369 g/mol. The van der Waals surface area contributed by atoms with Crippen LogP contribution in [-0.2, 0) is 0 Å². The summed E-state index contributed by atoms with van der Waals surface area (Å²) in [5, 5.41) is 4.76. The van der Waals surface area contributed by atoms with Gasteiger partial charge in [0.25, 0.3) is 0 Å². The Hall–Kier alpha value is -1.62. The summed E-state index contributed by atoms with van der Waals surface area (Å²) in [6, 6.07) is 12.4. The Kier molecular flexibility index (Phi) is 5.39. The standard InChI is InChI=1S/C17H16Cl3N3O/c18-12-1-4-14(5-2-12)21-17(24)23-9-7-22(8-10-23)16-6-3-13(19)11-15(16)20/h1-6,11H,7-10H2,(H,21,24). The fraction of sp³-hybridized carbons (Fsp3) is 0.235. The summed E-state index contributed by atoms with van der Waals surface area (Å²) in [6.45, 7) is 2.68. The van der Waals surface area contributed by atoms with Crippen molar-refractivity contribution in [2.75, 3.05) is 36.4 Å². The molecule has 24 heavy (non-hydrogen) atoms. The summed E-state index contributed by atoms with van der Waals surface area (Å²) in [5.74, 6) is 0. The van der Waals surface area contributed by atoms with Crippen LogP contribution in [0.1, 0.15) is 0 Å². The highest BCUT2D eigenvalue weighted by molar-refractivity contribution is 6.36. The zero-order valence-electron chi connectivity index (χ0n) is 12.8. The van der Waals surface area contributed by atoms with E-state index in [0.29, 0.717) is 28.2 Å². The average Bonchev–Trinajstić information content (AvgIpc) is 2.57. The number of amides is 2. The number of benzene rings is 2. The molecule has 1 fully saturated rings. The SMILES string of the molecule is O=C(Nc1ccc(Cl)cc1)N1CCN(c2ccc(Cl)cc2Cl)CC1. The Morgan fingerprint density at radius 3 is 2.12 bits per heavy atom. The monoisotopic (exact) mass is 383 g/mol. The number of anilines is 2. The van der Waals surface area contributed by atoms with Crippen molar-refractivity contribution in [1.29, 1.82) is 0 Å². The van der Waals surface area contributed by atoms with E-state index in [-0.39, 0.29) is 6.03 Å². The van der Waals surface area contributed by atoms with Crippen LogP contribution in [0, 0.1) is 0 Å². The highest BCUT2D eigenvalue weighted by atomic mass is 35.5. The van der Waals surface area contributed by atoms with Crippen LogP contribution < -0.4 is 10.2 Å². The Balaban J connectivity index is 1.58. The maximum Gasteiger partial charge on any atom is 0.321 e. The van der Waals surface area contributed by atoms with Crippen LogP contribution in [0.3, 0.4) is 0 Å². The van der Waals surface area contributed by atoms with Crippen LogP contribution in [-0.4, -0.2) is 37.1 Å². The minimum Gasteiger partial charge on any atom is -0.367 e.